The monoisotopic (exact) mass is 291 g/mol. The van der Waals surface area contributed by atoms with Gasteiger partial charge in [-0.15, -0.1) is 0 Å². The minimum atomic E-state index is -3.38. The van der Waals surface area contributed by atoms with Gasteiger partial charge in [0, 0.05) is 6.92 Å². The molecule has 0 bridgehead atoms. The Morgan fingerprint density at radius 1 is 1.26 bits per heavy atom. The molecule has 3 nitrogen and oxygen atoms in total. The van der Waals surface area contributed by atoms with Gasteiger partial charge in [0.25, 0.3) is 5.92 Å². The maximum Gasteiger partial charge on any atom is 0.286 e. The molecule has 19 heavy (non-hydrogen) atoms. The van der Waals surface area contributed by atoms with Gasteiger partial charge in [-0.2, -0.15) is 8.78 Å². The normalized spacial score (nSPS) is 14.7. The Kier molecular flexibility index (Phi) is 4.66. The summed E-state index contributed by atoms with van der Waals surface area (Å²) in [7, 11) is -3.38. The second-order valence-electron chi connectivity index (χ2n) is 5.16. The number of hydrogen-bond acceptors (Lipinski definition) is 3. The van der Waals surface area contributed by atoms with Crippen molar-refractivity contribution in [1.29, 1.82) is 0 Å². The number of nitrogens with zero attached hydrogens (tertiary/aromatic N) is 1. The Bertz CT molecular complexity index is 536. The van der Waals surface area contributed by atoms with Gasteiger partial charge >= 0.3 is 0 Å². The van der Waals surface area contributed by atoms with E-state index in [0.29, 0.717) is 0 Å². The highest BCUT2D eigenvalue weighted by Crippen LogP contribution is 2.25. The van der Waals surface area contributed by atoms with Crippen LogP contribution >= 0.6 is 0 Å². The highest BCUT2D eigenvalue weighted by atomic mass is 32.2. The zero-order chi connectivity index (χ0) is 14.8. The van der Waals surface area contributed by atoms with E-state index in [1.54, 1.807) is 6.92 Å². The van der Waals surface area contributed by atoms with E-state index in [1.165, 1.54) is 18.2 Å². The fourth-order valence-electron chi connectivity index (χ4n) is 1.56. The molecule has 1 unspecified atom stereocenters. The van der Waals surface area contributed by atoms with Gasteiger partial charge in [-0.3, -0.25) is 4.98 Å². The number of halogens is 2. The van der Waals surface area contributed by atoms with Gasteiger partial charge in [0.2, 0.25) is 0 Å². The molecule has 0 aromatic carbocycles. The van der Waals surface area contributed by atoms with E-state index in [-0.39, 0.29) is 17.4 Å². The Labute approximate surface area is 113 Å². The smallest absolute Gasteiger partial charge is 0.250 e. The summed E-state index contributed by atoms with van der Waals surface area (Å²) < 4.78 is 50.4. The van der Waals surface area contributed by atoms with E-state index in [2.05, 4.69) is 4.98 Å². The molecule has 6 heteroatoms. The molecular weight excluding hydrogens is 272 g/mol. The van der Waals surface area contributed by atoms with Crippen molar-refractivity contribution in [3.05, 3.63) is 29.6 Å². The highest BCUT2D eigenvalue weighted by Gasteiger charge is 2.28. The Hall–Kier alpha value is -1.04. The predicted molar refractivity (Wildman–Crippen MR) is 70.7 cm³/mol. The van der Waals surface area contributed by atoms with Gasteiger partial charge in [0.15, 0.2) is 9.84 Å². The average molecular weight is 291 g/mol. The molecule has 0 saturated carbocycles. The molecule has 0 amide bonds. The quantitative estimate of drug-likeness (QED) is 0.837. The zero-order valence-corrected chi connectivity index (χ0v) is 12.3. The van der Waals surface area contributed by atoms with Crippen LogP contribution in [0.2, 0.25) is 0 Å². The van der Waals surface area contributed by atoms with Crippen LogP contribution in [-0.4, -0.2) is 18.7 Å². The van der Waals surface area contributed by atoms with Crippen molar-refractivity contribution in [2.24, 2.45) is 5.92 Å². The van der Waals surface area contributed by atoms with E-state index in [0.717, 1.165) is 6.92 Å². The Morgan fingerprint density at radius 2 is 1.84 bits per heavy atom. The summed E-state index contributed by atoms with van der Waals surface area (Å²) in [6, 6.07) is 4.06. The van der Waals surface area contributed by atoms with E-state index in [1.807, 2.05) is 13.8 Å². The third kappa shape index (κ3) is 4.23. The van der Waals surface area contributed by atoms with Crippen LogP contribution in [0.25, 0.3) is 0 Å². The van der Waals surface area contributed by atoms with Crippen LogP contribution in [-0.2, 0) is 21.5 Å². The third-order valence-electron chi connectivity index (χ3n) is 3.11. The van der Waals surface area contributed by atoms with Crippen molar-refractivity contribution in [2.75, 3.05) is 0 Å². The summed E-state index contributed by atoms with van der Waals surface area (Å²) in [5.74, 6) is -3.40. The van der Waals surface area contributed by atoms with Gasteiger partial charge in [-0.25, -0.2) is 8.42 Å². The molecule has 0 aliphatic heterocycles. The third-order valence-corrected chi connectivity index (χ3v) is 5.49. The molecule has 0 fully saturated rings. The highest BCUT2D eigenvalue weighted by molar-refractivity contribution is 7.91. The fraction of sp³-hybridized carbons (Fsp3) is 0.615. The summed E-state index contributed by atoms with van der Waals surface area (Å²) in [5, 5.41) is -0.528. The van der Waals surface area contributed by atoms with Gasteiger partial charge in [0.1, 0.15) is 5.69 Å². The first-order valence-electron chi connectivity index (χ1n) is 6.10. The predicted octanol–water partition coefficient (Wildman–Crippen LogP) is 3.15. The van der Waals surface area contributed by atoms with Crippen LogP contribution in [0.5, 0.6) is 0 Å². The van der Waals surface area contributed by atoms with Crippen LogP contribution in [0.4, 0.5) is 8.78 Å². The largest absolute Gasteiger partial charge is 0.286 e. The van der Waals surface area contributed by atoms with Gasteiger partial charge in [0.05, 0.1) is 16.7 Å². The van der Waals surface area contributed by atoms with Crippen LogP contribution in [0, 0.1) is 5.92 Å². The topological polar surface area (TPSA) is 47.0 Å². The van der Waals surface area contributed by atoms with E-state index >= 15 is 0 Å². The lowest BCUT2D eigenvalue weighted by atomic mass is 10.2. The summed E-state index contributed by atoms with van der Waals surface area (Å²) >= 11 is 0. The number of hydrogen-bond donors (Lipinski definition) is 0. The molecule has 1 aromatic rings. The van der Waals surface area contributed by atoms with Gasteiger partial charge in [-0.1, -0.05) is 19.9 Å². The summed E-state index contributed by atoms with van der Waals surface area (Å²) in [5.41, 5.74) is -0.246. The SMILES string of the molecule is CC(C)C(C)S(=O)(=O)Cc1cccc(C(C)(F)F)n1. The van der Waals surface area contributed by atoms with Crippen molar-refractivity contribution >= 4 is 9.84 Å². The summed E-state index contributed by atoms with van der Waals surface area (Å²) in [4.78, 5) is 3.74. The second-order valence-corrected chi connectivity index (χ2v) is 7.52. The maximum atomic E-state index is 13.1. The van der Waals surface area contributed by atoms with Crippen LogP contribution in [0.3, 0.4) is 0 Å². The summed E-state index contributed by atoms with van der Waals surface area (Å²) in [6.45, 7) is 5.99. The Balaban J connectivity index is 3.01. The van der Waals surface area contributed by atoms with Crippen molar-refractivity contribution < 1.29 is 17.2 Å². The minimum absolute atomic E-state index is 0.0270. The summed E-state index contributed by atoms with van der Waals surface area (Å²) in [6.07, 6.45) is 0. The molecule has 0 spiro atoms. The maximum absolute atomic E-state index is 13.1. The van der Waals surface area contributed by atoms with Crippen molar-refractivity contribution in [2.45, 2.75) is 44.6 Å². The molecule has 1 aromatic heterocycles. The van der Waals surface area contributed by atoms with Gasteiger partial charge < -0.3 is 0 Å². The van der Waals surface area contributed by atoms with Gasteiger partial charge in [-0.05, 0) is 25.0 Å². The minimum Gasteiger partial charge on any atom is -0.250 e. The molecule has 1 rings (SSSR count). The first kappa shape index (κ1) is 16.0. The molecule has 0 aliphatic rings. The van der Waals surface area contributed by atoms with Crippen molar-refractivity contribution in [1.82, 2.24) is 4.98 Å². The molecular formula is C13H19F2NO2S. The number of aromatic nitrogens is 1. The Morgan fingerprint density at radius 3 is 2.32 bits per heavy atom. The molecule has 0 saturated heterocycles. The standard InChI is InChI=1S/C13H19F2NO2S/c1-9(2)10(3)19(17,18)8-11-6-5-7-12(16-11)13(4,14)15/h5-7,9-10H,8H2,1-4H3. The molecule has 0 N–H and O–H groups in total. The van der Waals surface area contributed by atoms with Crippen molar-refractivity contribution in [3.8, 4) is 0 Å². The lowest BCUT2D eigenvalue weighted by Gasteiger charge is -2.17. The van der Waals surface area contributed by atoms with E-state index in [4.69, 9.17) is 0 Å². The first-order valence-corrected chi connectivity index (χ1v) is 7.81. The fourth-order valence-corrected chi connectivity index (χ4v) is 3.22. The lowest BCUT2D eigenvalue weighted by Crippen LogP contribution is -2.25. The number of rotatable bonds is 5. The molecule has 108 valence electrons. The number of sulfone groups is 1. The number of pyridine rings is 1. The second kappa shape index (κ2) is 5.53. The molecule has 1 atom stereocenters. The van der Waals surface area contributed by atoms with E-state index in [9.17, 15) is 17.2 Å². The zero-order valence-electron chi connectivity index (χ0n) is 11.5. The lowest BCUT2D eigenvalue weighted by molar-refractivity contribution is 0.0126. The van der Waals surface area contributed by atoms with Crippen molar-refractivity contribution in [3.63, 3.8) is 0 Å². The first-order chi connectivity index (χ1) is 8.54. The van der Waals surface area contributed by atoms with Crippen LogP contribution in [0.15, 0.2) is 18.2 Å². The molecule has 0 radical (unpaired) electrons. The van der Waals surface area contributed by atoms with E-state index < -0.39 is 26.7 Å². The molecule has 1 heterocycles. The number of alkyl halides is 2. The van der Waals surface area contributed by atoms with Crippen LogP contribution in [0.1, 0.15) is 39.1 Å². The molecule has 0 aliphatic carbocycles. The average Bonchev–Trinajstić information content (AvgIpc) is 2.26. The van der Waals surface area contributed by atoms with Crippen LogP contribution < -0.4 is 0 Å².